The maximum atomic E-state index is 13.3. The molecule has 0 aliphatic carbocycles. The van der Waals surface area contributed by atoms with Gasteiger partial charge in [-0.1, -0.05) is 0 Å². The van der Waals surface area contributed by atoms with Crippen LogP contribution in [0.3, 0.4) is 0 Å². The molecule has 7 heteroatoms. The van der Waals surface area contributed by atoms with E-state index in [-0.39, 0.29) is 3.57 Å². The van der Waals surface area contributed by atoms with Gasteiger partial charge in [0.15, 0.2) is 0 Å². The van der Waals surface area contributed by atoms with Crippen molar-refractivity contribution in [2.45, 2.75) is 12.0 Å². The van der Waals surface area contributed by atoms with E-state index in [1.807, 2.05) is 0 Å². The lowest BCUT2D eigenvalue weighted by atomic mass is 10.0. The minimum atomic E-state index is -3.77. The van der Waals surface area contributed by atoms with Gasteiger partial charge in [-0.15, -0.1) is 0 Å². The van der Waals surface area contributed by atoms with Crippen molar-refractivity contribution >= 4 is 22.6 Å². The number of benzene rings is 1. The molecular weight excluding hydrogens is 341 g/mol. The van der Waals surface area contributed by atoms with Crippen molar-refractivity contribution in [3.05, 3.63) is 32.9 Å². The predicted molar refractivity (Wildman–Crippen MR) is 58.0 cm³/mol. The second kappa shape index (κ2) is 4.84. The lowest BCUT2D eigenvalue weighted by Crippen LogP contribution is -2.37. The van der Waals surface area contributed by atoms with Gasteiger partial charge >= 0.3 is 0 Å². The zero-order valence-corrected chi connectivity index (χ0v) is 10.0. The summed E-state index contributed by atoms with van der Waals surface area (Å²) in [6.45, 7) is -1.57. The molecule has 0 aliphatic heterocycles. The van der Waals surface area contributed by atoms with Gasteiger partial charge in [-0.3, -0.25) is 0 Å². The van der Waals surface area contributed by atoms with Crippen LogP contribution in [-0.4, -0.2) is 17.6 Å². The Hall–Kier alpha value is -0.410. The van der Waals surface area contributed by atoms with E-state index < -0.39 is 35.8 Å². The van der Waals surface area contributed by atoms with Crippen LogP contribution in [0.5, 0.6) is 0 Å². The van der Waals surface area contributed by atoms with Gasteiger partial charge in [0.2, 0.25) is 0 Å². The Morgan fingerprint density at radius 1 is 1.31 bits per heavy atom. The molecule has 3 N–H and O–H groups in total. The second-order valence-corrected chi connectivity index (χ2v) is 4.43. The van der Waals surface area contributed by atoms with Crippen LogP contribution in [0.15, 0.2) is 12.1 Å². The average molecular weight is 349 g/mol. The molecule has 0 saturated carbocycles. The molecule has 1 aromatic carbocycles. The first kappa shape index (κ1) is 13.7. The fourth-order valence-corrected chi connectivity index (χ4v) is 1.71. The number of rotatable bonds is 3. The van der Waals surface area contributed by atoms with Gasteiger partial charge in [0.25, 0.3) is 5.92 Å². The van der Waals surface area contributed by atoms with Crippen molar-refractivity contribution < 1.29 is 22.7 Å². The fraction of sp³-hybridized carbons (Fsp3) is 0.333. The maximum Gasteiger partial charge on any atom is 0.289 e. The Balaban J connectivity index is 3.24. The first-order valence-electron chi connectivity index (χ1n) is 4.18. The summed E-state index contributed by atoms with van der Waals surface area (Å²) in [5.41, 5.74) is 4.13. The summed E-state index contributed by atoms with van der Waals surface area (Å²) >= 11 is 1.64. The topological polar surface area (TPSA) is 46.2 Å². The largest absolute Gasteiger partial charge is 0.390 e. The number of aliphatic hydroxyl groups excluding tert-OH is 1. The predicted octanol–water partition coefficient (Wildman–Crippen LogP) is 2.20. The number of nitrogens with two attached hydrogens (primary N) is 1. The molecule has 1 aromatic rings. The SMILES string of the molecule is N[C@@H](c1c(F)cc(I)cc1F)C(F)(F)CO. The highest BCUT2D eigenvalue weighted by molar-refractivity contribution is 14.1. The third-order valence-corrected chi connectivity index (χ3v) is 2.64. The standard InChI is InChI=1S/C9H8F4INO/c10-5-1-4(14)2-6(11)7(5)8(15)9(12,13)3-16/h1-2,8,16H,3,15H2/t8-/m0/s1. The highest BCUT2D eigenvalue weighted by atomic mass is 127. The number of aliphatic hydroxyl groups is 1. The lowest BCUT2D eigenvalue weighted by Gasteiger charge is -2.22. The molecule has 0 amide bonds. The molecule has 0 bridgehead atoms. The number of halogens is 5. The van der Waals surface area contributed by atoms with Gasteiger partial charge < -0.3 is 10.8 Å². The Morgan fingerprint density at radius 3 is 2.12 bits per heavy atom. The first-order chi connectivity index (χ1) is 7.29. The minimum absolute atomic E-state index is 0.232. The summed E-state index contributed by atoms with van der Waals surface area (Å²) < 4.78 is 52.8. The van der Waals surface area contributed by atoms with E-state index in [9.17, 15) is 17.6 Å². The molecule has 0 aromatic heterocycles. The Labute approximate surface area is 103 Å². The van der Waals surface area contributed by atoms with Gasteiger partial charge in [0.05, 0.1) is 0 Å². The maximum absolute atomic E-state index is 13.3. The quantitative estimate of drug-likeness (QED) is 0.649. The van der Waals surface area contributed by atoms with E-state index in [1.165, 1.54) is 0 Å². The summed E-state index contributed by atoms with van der Waals surface area (Å²) in [5, 5.41) is 8.39. The molecule has 0 unspecified atom stereocenters. The summed E-state index contributed by atoms with van der Waals surface area (Å²) in [6.07, 6.45) is 0. The smallest absolute Gasteiger partial charge is 0.289 e. The molecule has 0 fully saturated rings. The van der Waals surface area contributed by atoms with Crippen LogP contribution in [0.1, 0.15) is 11.6 Å². The van der Waals surface area contributed by atoms with Crippen molar-refractivity contribution in [1.82, 2.24) is 0 Å². The molecule has 0 heterocycles. The monoisotopic (exact) mass is 349 g/mol. The van der Waals surface area contributed by atoms with Crippen molar-refractivity contribution in [3.8, 4) is 0 Å². The number of alkyl halides is 2. The van der Waals surface area contributed by atoms with Gasteiger partial charge in [-0.05, 0) is 34.7 Å². The van der Waals surface area contributed by atoms with Crippen LogP contribution in [0.4, 0.5) is 17.6 Å². The van der Waals surface area contributed by atoms with Crippen LogP contribution in [0, 0.1) is 15.2 Å². The summed E-state index contributed by atoms with van der Waals surface area (Å²) in [4.78, 5) is 0. The summed E-state index contributed by atoms with van der Waals surface area (Å²) in [6, 6.07) is -0.423. The minimum Gasteiger partial charge on any atom is -0.390 e. The van der Waals surface area contributed by atoms with Crippen molar-refractivity contribution in [3.63, 3.8) is 0 Å². The van der Waals surface area contributed by atoms with Gasteiger partial charge in [0, 0.05) is 9.13 Å². The van der Waals surface area contributed by atoms with E-state index in [4.69, 9.17) is 10.8 Å². The van der Waals surface area contributed by atoms with Crippen molar-refractivity contribution in [2.75, 3.05) is 6.61 Å². The molecule has 16 heavy (non-hydrogen) atoms. The van der Waals surface area contributed by atoms with E-state index in [2.05, 4.69) is 0 Å². The van der Waals surface area contributed by atoms with Crippen molar-refractivity contribution in [1.29, 1.82) is 0 Å². The third kappa shape index (κ3) is 2.64. The van der Waals surface area contributed by atoms with E-state index in [1.54, 1.807) is 22.6 Å². The zero-order chi connectivity index (χ0) is 12.5. The average Bonchev–Trinajstić information content (AvgIpc) is 2.15. The molecule has 0 saturated heterocycles. The fourth-order valence-electron chi connectivity index (χ4n) is 1.16. The molecule has 0 radical (unpaired) electrons. The Bertz CT molecular complexity index is 376. The normalized spacial score (nSPS) is 13.9. The molecule has 2 nitrogen and oxygen atoms in total. The highest BCUT2D eigenvalue weighted by Gasteiger charge is 2.40. The van der Waals surface area contributed by atoms with Gasteiger partial charge in [0.1, 0.15) is 24.3 Å². The number of hydrogen-bond donors (Lipinski definition) is 2. The second-order valence-electron chi connectivity index (χ2n) is 3.18. The summed E-state index contributed by atoms with van der Waals surface area (Å²) in [7, 11) is 0. The molecular formula is C9H8F4INO. The lowest BCUT2D eigenvalue weighted by molar-refractivity contribution is -0.0726. The van der Waals surface area contributed by atoms with Crippen molar-refractivity contribution in [2.24, 2.45) is 5.73 Å². The van der Waals surface area contributed by atoms with Crippen LogP contribution >= 0.6 is 22.6 Å². The number of hydrogen-bond acceptors (Lipinski definition) is 2. The molecule has 90 valence electrons. The molecule has 0 spiro atoms. The van der Waals surface area contributed by atoms with Gasteiger partial charge in [-0.2, -0.15) is 0 Å². The van der Waals surface area contributed by atoms with Crippen LogP contribution in [-0.2, 0) is 0 Å². The van der Waals surface area contributed by atoms with Crippen LogP contribution in [0.25, 0.3) is 0 Å². The third-order valence-electron chi connectivity index (χ3n) is 2.02. The Morgan fingerprint density at radius 2 is 1.75 bits per heavy atom. The van der Waals surface area contributed by atoms with E-state index in [0.717, 1.165) is 12.1 Å². The molecule has 1 atom stereocenters. The highest BCUT2D eigenvalue weighted by Crippen LogP contribution is 2.32. The van der Waals surface area contributed by atoms with E-state index in [0.29, 0.717) is 0 Å². The molecule has 1 rings (SSSR count). The zero-order valence-electron chi connectivity index (χ0n) is 7.85. The first-order valence-corrected chi connectivity index (χ1v) is 5.26. The van der Waals surface area contributed by atoms with Crippen LogP contribution < -0.4 is 5.73 Å². The molecule has 0 aliphatic rings. The van der Waals surface area contributed by atoms with Crippen LogP contribution in [0.2, 0.25) is 0 Å². The van der Waals surface area contributed by atoms with Gasteiger partial charge in [-0.25, -0.2) is 17.6 Å². The summed E-state index contributed by atoms with van der Waals surface area (Å²) in [5.74, 6) is -6.07. The Kier molecular flexibility index (Phi) is 4.13. The van der Waals surface area contributed by atoms with E-state index >= 15 is 0 Å².